The molecule has 0 unspecified atom stereocenters. The van der Waals surface area contributed by atoms with Crippen molar-refractivity contribution in [1.82, 2.24) is 19.9 Å². The van der Waals surface area contributed by atoms with Gasteiger partial charge in [-0.2, -0.15) is 0 Å². The third-order valence-corrected chi connectivity index (χ3v) is 24.3. The van der Waals surface area contributed by atoms with E-state index in [1.165, 1.54) is 10.8 Å². The lowest BCUT2D eigenvalue weighted by Gasteiger charge is -2.18. The molecule has 0 amide bonds. The van der Waals surface area contributed by atoms with Crippen LogP contribution in [0.25, 0.3) is 265 Å². The molecule has 118 heavy (non-hydrogen) atoms. The van der Waals surface area contributed by atoms with E-state index in [0.29, 0.717) is 11.6 Å². The first-order valence-electron chi connectivity index (χ1n) is 39.9. The molecule has 6 aromatic heterocycles. The Morgan fingerprint density at radius 2 is 0.458 bits per heavy atom. The zero-order valence-electron chi connectivity index (χ0n) is 63.2. The van der Waals surface area contributed by atoms with Gasteiger partial charge in [-0.3, -0.25) is 0 Å². The average molecular weight is 1500 g/mol. The van der Waals surface area contributed by atoms with E-state index < -0.39 is 0 Å². The highest BCUT2D eigenvalue weighted by Gasteiger charge is 2.27. The van der Waals surface area contributed by atoms with E-state index in [1.807, 2.05) is 36.4 Å². The minimum absolute atomic E-state index is 0.586. The lowest BCUT2D eigenvalue weighted by Crippen LogP contribution is -1.99. The predicted molar refractivity (Wildman–Crippen MR) is 486 cm³/mol. The Labute approximate surface area is 674 Å². The molecule has 0 saturated heterocycles. The number of hydrogen-bond donors (Lipinski definition) is 0. The van der Waals surface area contributed by atoms with Gasteiger partial charge in [-0.05, 0) is 200 Å². The molecule has 6 heterocycles. The second-order valence-electron chi connectivity index (χ2n) is 30.9. The molecule has 8 nitrogen and oxygen atoms in total. The normalized spacial score (nSPS) is 12.1. The molecule has 0 fully saturated rings. The molecule has 8 heteroatoms. The van der Waals surface area contributed by atoms with Crippen LogP contribution in [-0.4, -0.2) is 19.9 Å². The van der Waals surface area contributed by atoms with Crippen LogP contribution in [0, 0.1) is 0 Å². The molecule has 25 rings (SSSR count). The molecule has 0 radical (unpaired) electrons. The molecule has 0 aliphatic carbocycles. The number of para-hydroxylation sites is 7. The molecular formula is C110H62N4O4. The molecule has 0 atom stereocenters. The van der Waals surface area contributed by atoms with Gasteiger partial charge < -0.3 is 17.7 Å². The fourth-order valence-electron chi connectivity index (χ4n) is 18.8. The third-order valence-electron chi connectivity index (χ3n) is 24.3. The summed E-state index contributed by atoms with van der Waals surface area (Å²) in [5.74, 6) is 1.18. The van der Waals surface area contributed by atoms with Gasteiger partial charge in [-0.1, -0.05) is 285 Å². The van der Waals surface area contributed by atoms with Crippen LogP contribution in [0.15, 0.2) is 394 Å². The number of aromatic nitrogens is 4. The summed E-state index contributed by atoms with van der Waals surface area (Å²) in [6.07, 6.45) is 0. The van der Waals surface area contributed by atoms with Gasteiger partial charge in [0.2, 0.25) is 0 Å². The zero-order valence-corrected chi connectivity index (χ0v) is 63.2. The van der Waals surface area contributed by atoms with E-state index in [0.717, 1.165) is 242 Å². The van der Waals surface area contributed by atoms with E-state index in [4.69, 9.17) is 37.6 Å². The fourth-order valence-corrected chi connectivity index (χ4v) is 18.8. The van der Waals surface area contributed by atoms with Crippen LogP contribution in [0.5, 0.6) is 0 Å². The second kappa shape index (κ2) is 25.8. The summed E-state index contributed by atoms with van der Waals surface area (Å²) in [4.78, 5) is 22.8. The summed E-state index contributed by atoms with van der Waals surface area (Å²) >= 11 is 0. The molecule has 25 aromatic rings. The first kappa shape index (κ1) is 65.6. The average Bonchev–Trinajstić information content (AvgIpc) is 1.36. The van der Waals surface area contributed by atoms with E-state index in [9.17, 15) is 0 Å². The smallest absolute Gasteiger partial charge is 0.161 e. The highest BCUT2D eigenvalue weighted by Crippen LogP contribution is 2.50. The summed E-state index contributed by atoms with van der Waals surface area (Å²) in [5, 5.41) is 21.7. The summed E-state index contributed by atoms with van der Waals surface area (Å²) < 4.78 is 27.5. The van der Waals surface area contributed by atoms with Crippen molar-refractivity contribution in [3.8, 4) is 112 Å². The Morgan fingerprint density at radius 1 is 0.153 bits per heavy atom. The maximum atomic E-state index is 7.13. The van der Waals surface area contributed by atoms with Crippen molar-refractivity contribution in [2.75, 3.05) is 0 Å². The van der Waals surface area contributed by atoms with Crippen LogP contribution in [0.1, 0.15) is 0 Å². The predicted octanol–water partition coefficient (Wildman–Crippen LogP) is 30.5. The molecule has 19 aromatic carbocycles. The third kappa shape index (κ3) is 10.2. The standard InChI is InChI=1S/C110H62N4O4/c1-5-28-72-63(22-1)50-53-81(92-59-69-24-3-4-27-71(69)74-30-7-9-32-76(74)92)103(72)109-113-97(89-43-20-39-85-80-36-13-16-47-101(80)117-107(85)89)62-98(114-109)90-44-21-40-86-94-58-68(52-55-102(94)118-108(86)90)66-26-17-25-65(56-66)67-48-49-70-60-93(77-33-10-8-31-75(77)91(70)57-67)82-54-51-64-23-2-6-29-73(64)104(82)110-111-95(87-41-18-37-83-78-34-11-14-45-99(78)115-105(83)87)61-96(112-110)88-42-19-38-84-79-35-12-15-46-100(79)116-106(84)88/h1-62H. The monoisotopic (exact) mass is 1500 g/mol. The summed E-state index contributed by atoms with van der Waals surface area (Å²) in [6, 6.07) is 134. The van der Waals surface area contributed by atoms with E-state index >= 15 is 0 Å². The van der Waals surface area contributed by atoms with E-state index in [2.05, 4.69) is 340 Å². The molecule has 0 spiro atoms. The summed E-state index contributed by atoms with van der Waals surface area (Å²) in [7, 11) is 0. The second-order valence-corrected chi connectivity index (χ2v) is 30.9. The van der Waals surface area contributed by atoms with E-state index in [1.54, 1.807) is 0 Å². The SMILES string of the molecule is c1cc(-c2ccc3cc(-c4ccc5ccccc5c4-c4nc(-c5cccc6c5oc5ccccc56)cc(-c5cccc6c5oc5ccccc56)n4)c4ccccc4c3c2)cc(-c2ccc3oc4c(-c5cc(-c6cccc7c6oc6ccccc67)nc(-c6c(-c7cc8ccccc8c8ccccc78)ccc7ccccc67)n5)cccc4c3c2)c1. The fraction of sp³-hybridized carbons (Fsp3) is 0. The number of rotatable bonds is 10. The number of benzene rings is 19. The van der Waals surface area contributed by atoms with Crippen LogP contribution >= 0.6 is 0 Å². The summed E-state index contributed by atoms with van der Waals surface area (Å²) in [5.41, 5.74) is 23.1. The molecule has 0 N–H and O–H groups in total. The molecule has 546 valence electrons. The van der Waals surface area contributed by atoms with Crippen molar-refractivity contribution < 1.29 is 17.7 Å². The number of fused-ring (bicyclic) bond motifs is 20. The van der Waals surface area contributed by atoms with Crippen molar-refractivity contribution in [2.24, 2.45) is 0 Å². The lowest BCUT2D eigenvalue weighted by molar-refractivity contribution is 0.669. The first-order valence-corrected chi connectivity index (χ1v) is 39.9. The van der Waals surface area contributed by atoms with Gasteiger partial charge >= 0.3 is 0 Å². The zero-order chi connectivity index (χ0) is 77.2. The van der Waals surface area contributed by atoms with Gasteiger partial charge in [0.15, 0.2) is 11.6 Å². The highest BCUT2D eigenvalue weighted by atomic mass is 16.3. The molecule has 0 aliphatic rings. The van der Waals surface area contributed by atoms with Crippen LogP contribution < -0.4 is 0 Å². The van der Waals surface area contributed by atoms with Crippen molar-refractivity contribution >= 4 is 152 Å². The van der Waals surface area contributed by atoms with Crippen molar-refractivity contribution in [3.63, 3.8) is 0 Å². The molecule has 0 saturated carbocycles. The molecular weight excluding hydrogens is 1440 g/mol. The van der Waals surface area contributed by atoms with Gasteiger partial charge in [-0.25, -0.2) is 19.9 Å². The maximum Gasteiger partial charge on any atom is 0.161 e. The topological polar surface area (TPSA) is 104 Å². The lowest BCUT2D eigenvalue weighted by atomic mass is 9.87. The van der Waals surface area contributed by atoms with Crippen molar-refractivity contribution in [3.05, 3.63) is 376 Å². The van der Waals surface area contributed by atoms with Crippen LogP contribution in [0.4, 0.5) is 0 Å². The number of nitrogens with zero attached hydrogens (tertiary/aromatic N) is 4. The van der Waals surface area contributed by atoms with Gasteiger partial charge in [-0.15, -0.1) is 0 Å². The quantitative estimate of drug-likeness (QED) is 0.125. The van der Waals surface area contributed by atoms with Gasteiger partial charge in [0.1, 0.15) is 44.7 Å². The van der Waals surface area contributed by atoms with Crippen LogP contribution in [0.2, 0.25) is 0 Å². The van der Waals surface area contributed by atoms with Crippen molar-refractivity contribution in [1.29, 1.82) is 0 Å². The highest BCUT2D eigenvalue weighted by molar-refractivity contribution is 6.21. The van der Waals surface area contributed by atoms with Crippen LogP contribution in [-0.2, 0) is 0 Å². The summed E-state index contributed by atoms with van der Waals surface area (Å²) in [6.45, 7) is 0. The Morgan fingerprint density at radius 3 is 0.907 bits per heavy atom. The molecule has 0 aliphatic heterocycles. The number of hydrogen-bond acceptors (Lipinski definition) is 8. The minimum Gasteiger partial charge on any atom is -0.455 e. The Hall–Kier alpha value is -15.9. The van der Waals surface area contributed by atoms with Crippen molar-refractivity contribution in [2.45, 2.75) is 0 Å². The first-order chi connectivity index (χ1) is 58.5. The number of furan rings is 4. The van der Waals surface area contributed by atoms with Gasteiger partial charge in [0.25, 0.3) is 0 Å². The Balaban J connectivity index is 0.614. The Kier molecular flexibility index (Phi) is 14.4. The van der Waals surface area contributed by atoms with E-state index in [-0.39, 0.29) is 0 Å². The van der Waals surface area contributed by atoms with Crippen LogP contribution in [0.3, 0.4) is 0 Å². The Bertz CT molecular complexity index is 8480. The molecule has 0 bridgehead atoms. The van der Waals surface area contributed by atoms with Gasteiger partial charge in [0, 0.05) is 76.5 Å². The minimum atomic E-state index is 0.586. The van der Waals surface area contributed by atoms with Gasteiger partial charge in [0.05, 0.1) is 22.8 Å². The largest absolute Gasteiger partial charge is 0.455 e. The maximum absolute atomic E-state index is 7.13.